The van der Waals surface area contributed by atoms with E-state index in [1.807, 2.05) is 0 Å². The number of likely N-dealkylation sites (tertiary alicyclic amines) is 1. The Balaban J connectivity index is 1.28. The molecule has 4 heterocycles. The molecule has 1 aromatic carbocycles. The molecule has 1 spiro atoms. The van der Waals surface area contributed by atoms with Crippen molar-refractivity contribution in [1.82, 2.24) is 19.8 Å². The zero-order chi connectivity index (χ0) is 24.3. The Morgan fingerprint density at radius 3 is 2.29 bits per heavy atom. The number of ether oxygens (including phenoxy) is 1. The van der Waals surface area contributed by atoms with Crippen LogP contribution in [0.1, 0.15) is 53.5 Å². The molecular weight excluding hydrogens is 463 g/mol. The maximum atomic E-state index is 13.7. The SMILES string of the molecule is O=C(c1cnc(C(F)(F)F)cn1)N1CCC2(CC1)O[C@@H]1CC[C@@H](c3cc(F)cc(F)c3)N1C2=O. The van der Waals surface area contributed by atoms with Crippen LogP contribution in [0.5, 0.6) is 0 Å². The standard InChI is InChI=1S/C22H19F5N4O3/c23-13-7-12(8-14(24)9-13)16-1-2-18-31(16)20(33)21(34-18)3-5-30(6-4-21)19(32)15-10-29-17(11-28-15)22(25,26)27/h7-11,16,18H,1-6H2/t16-,18+/m0/s1. The Labute approximate surface area is 190 Å². The van der Waals surface area contributed by atoms with Crippen LogP contribution >= 0.6 is 0 Å². The van der Waals surface area contributed by atoms with E-state index in [4.69, 9.17) is 4.74 Å². The Hall–Kier alpha value is -3.15. The van der Waals surface area contributed by atoms with Gasteiger partial charge >= 0.3 is 6.18 Å². The molecule has 3 aliphatic rings. The largest absolute Gasteiger partial charge is 0.434 e. The highest BCUT2D eigenvalue weighted by Crippen LogP contribution is 2.47. The first-order chi connectivity index (χ1) is 16.1. The van der Waals surface area contributed by atoms with Gasteiger partial charge in [0.15, 0.2) is 11.3 Å². The van der Waals surface area contributed by atoms with Crippen molar-refractivity contribution in [3.8, 4) is 0 Å². The number of aromatic nitrogens is 2. The van der Waals surface area contributed by atoms with E-state index in [2.05, 4.69) is 9.97 Å². The van der Waals surface area contributed by atoms with Crippen molar-refractivity contribution in [1.29, 1.82) is 0 Å². The zero-order valence-corrected chi connectivity index (χ0v) is 17.7. The number of nitrogens with zero attached hydrogens (tertiary/aromatic N) is 4. The lowest BCUT2D eigenvalue weighted by molar-refractivity contribution is -0.142. The first-order valence-electron chi connectivity index (χ1n) is 10.7. The lowest BCUT2D eigenvalue weighted by Gasteiger charge is -2.37. The maximum absolute atomic E-state index is 13.7. The van der Waals surface area contributed by atoms with E-state index < -0.39 is 47.3 Å². The van der Waals surface area contributed by atoms with Crippen LogP contribution in [0.25, 0.3) is 0 Å². The van der Waals surface area contributed by atoms with E-state index in [9.17, 15) is 31.5 Å². The summed E-state index contributed by atoms with van der Waals surface area (Å²) in [6, 6.07) is 2.68. The summed E-state index contributed by atoms with van der Waals surface area (Å²) in [6.45, 7) is 0.264. The smallest absolute Gasteiger partial charge is 0.342 e. The number of halogens is 5. The monoisotopic (exact) mass is 482 g/mol. The van der Waals surface area contributed by atoms with Gasteiger partial charge in [0.25, 0.3) is 11.8 Å². The predicted octanol–water partition coefficient (Wildman–Crippen LogP) is 3.47. The highest BCUT2D eigenvalue weighted by molar-refractivity contribution is 5.93. The number of hydrogen-bond acceptors (Lipinski definition) is 5. The fraction of sp³-hybridized carbons (Fsp3) is 0.455. The summed E-state index contributed by atoms with van der Waals surface area (Å²) in [6.07, 6.45) is -2.50. The lowest BCUT2D eigenvalue weighted by Crippen LogP contribution is -2.51. The molecule has 2 atom stereocenters. The maximum Gasteiger partial charge on any atom is 0.434 e. The number of piperidine rings is 1. The van der Waals surface area contributed by atoms with Crippen LogP contribution in [0.3, 0.4) is 0 Å². The van der Waals surface area contributed by atoms with E-state index >= 15 is 0 Å². The highest BCUT2D eigenvalue weighted by atomic mass is 19.4. The average Bonchev–Trinajstić information content (AvgIpc) is 3.31. The normalized spacial score (nSPS) is 24.1. The molecule has 3 fully saturated rings. The summed E-state index contributed by atoms with van der Waals surface area (Å²) in [5.41, 5.74) is -2.21. The number of alkyl halides is 3. The van der Waals surface area contributed by atoms with Crippen molar-refractivity contribution < 1.29 is 36.3 Å². The first-order valence-corrected chi connectivity index (χ1v) is 10.7. The molecule has 2 aromatic rings. The molecule has 3 aliphatic heterocycles. The van der Waals surface area contributed by atoms with E-state index in [-0.39, 0.29) is 37.5 Å². The van der Waals surface area contributed by atoms with Crippen molar-refractivity contribution in [3.05, 3.63) is 59.2 Å². The Bertz CT molecular complexity index is 1110. The molecule has 34 heavy (non-hydrogen) atoms. The van der Waals surface area contributed by atoms with E-state index in [0.717, 1.165) is 12.3 Å². The van der Waals surface area contributed by atoms with Gasteiger partial charge in [0.2, 0.25) is 0 Å². The second-order valence-corrected chi connectivity index (χ2v) is 8.65. The third kappa shape index (κ3) is 3.79. The molecule has 0 unspecified atom stereocenters. The number of benzene rings is 1. The molecule has 7 nitrogen and oxygen atoms in total. The van der Waals surface area contributed by atoms with Crippen LogP contribution in [0, 0.1) is 11.6 Å². The van der Waals surface area contributed by atoms with Crippen LogP contribution in [0.4, 0.5) is 22.0 Å². The molecule has 2 amide bonds. The van der Waals surface area contributed by atoms with Crippen LogP contribution in [-0.2, 0) is 15.7 Å². The molecule has 1 aromatic heterocycles. The average molecular weight is 482 g/mol. The molecule has 0 N–H and O–H groups in total. The molecule has 180 valence electrons. The van der Waals surface area contributed by atoms with Gasteiger partial charge in [-0.2, -0.15) is 13.2 Å². The van der Waals surface area contributed by atoms with Gasteiger partial charge in [-0.3, -0.25) is 9.59 Å². The first kappa shape index (κ1) is 22.6. The fourth-order valence-electron chi connectivity index (χ4n) is 4.96. The molecule has 0 radical (unpaired) electrons. The fourth-order valence-corrected chi connectivity index (χ4v) is 4.96. The number of amides is 2. The summed E-state index contributed by atoms with van der Waals surface area (Å²) < 4.78 is 71.6. The number of carbonyl (C=O) groups is 2. The minimum atomic E-state index is -4.66. The predicted molar refractivity (Wildman–Crippen MR) is 105 cm³/mol. The molecule has 0 bridgehead atoms. The molecular formula is C22H19F5N4O3. The van der Waals surface area contributed by atoms with Gasteiger partial charge in [-0.15, -0.1) is 0 Å². The number of fused-ring (bicyclic) bond motifs is 1. The van der Waals surface area contributed by atoms with Gasteiger partial charge in [-0.1, -0.05) is 0 Å². The molecule has 3 saturated heterocycles. The van der Waals surface area contributed by atoms with Crippen LogP contribution < -0.4 is 0 Å². The Kier molecular flexibility index (Phi) is 5.30. The van der Waals surface area contributed by atoms with Crippen molar-refractivity contribution in [3.63, 3.8) is 0 Å². The second kappa shape index (κ2) is 7.97. The minimum Gasteiger partial charge on any atom is -0.342 e. The van der Waals surface area contributed by atoms with Gasteiger partial charge in [0, 0.05) is 32.0 Å². The second-order valence-electron chi connectivity index (χ2n) is 8.65. The minimum absolute atomic E-state index is 0.132. The summed E-state index contributed by atoms with van der Waals surface area (Å²) in [4.78, 5) is 35.8. The summed E-state index contributed by atoms with van der Waals surface area (Å²) in [5, 5.41) is 0. The highest BCUT2D eigenvalue weighted by Gasteiger charge is 2.58. The molecule has 0 aliphatic carbocycles. The van der Waals surface area contributed by atoms with Crippen LogP contribution in [-0.4, -0.2) is 56.5 Å². The Morgan fingerprint density at radius 1 is 1.03 bits per heavy atom. The number of hydrogen-bond donors (Lipinski definition) is 0. The topological polar surface area (TPSA) is 75.6 Å². The Morgan fingerprint density at radius 2 is 1.71 bits per heavy atom. The molecule has 12 heteroatoms. The van der Waals surface area contributed by atoms with E-state index in [0.29, 0.717) is 24.6 Å². The van der Waals surface area contributed by atoms with Crippen molar-refractivity contribution in [2.75, 3.05) is 13.1 Å². The van der Waals surface area contributed by atoms with Gasteiger partial charge in [0.05, 0.1) is 18.4 Å². The zero-order valence-electron chi connectivity index (χ0n) is 17.7. The number of carbonyl (C=O) groups excluding carboxylic acids is 2. The van der Waals surface area contributed by atoms with Crippen molar-refractivity contribution in [2.45, 2.75) is 49.7 Å². The molecule has 0 saturated carbocycles. The van der Waals surface area contributed by atoms with Gasteiger partial charge in [0.1, 0.15) is 23.6 Å². The van der Waals surface area contributed by atoms with Gasteiger partial charge in [-0.05, 0) is 30.5 Å². The van der Waals surface area contributed by atoms with Crippen LogP contribution in [0.2, 0.25) is 0 Å². The number of rotatable bonds is 2. The summed E-state index contributed by atoms with van der Waals surface area (Å²) in [7, 11) is 0. The summed E-state index contributed by atoms with van der Waals surface area (Å²) >= 11 is 0. The van der Waals surface area contributed by atoms with Crippen molar-refractivity contribution >= 4 is 11.8 Å². The summed E-state index contributed by atoms with van der Waals surface area (Å²) in [5.74, 6) is -2.32. The lowest BCUT2D eigenvalue weighted by atomic mass is 9.89. The van der Waals surface area contributed by atoms with E-state index in [1.54, 1.807) is 0 Å². The molecule has 5 rings (SSSR count). The van der Waals surface area contributed by atoms with Crippen molar-refractivity contribution in [2.24, 2.45) is 0 Å². The third-order valence-corrected chi connectivity index (χ3v) is 6.61. The van der Waals surface area contributed by atoms with Gasteiger partial charge < -0.3 is 14.5 Å². The quantitative estimate of drug-likeness (QED) is 0.613. The van der Waals surface area contributed by atoms with Crippen LogP contribution in [0.15, 0.2) is 30.6 Å². The van der Waals surface area contributed by atoms with E-state index in [1.165, 1.54) is 21.9 Å². The van der Waals surface area contributed by atoms with Gasteiger partial charge in [-0.25, -0.2) is 18.7 Å². The third-order valence-electron chi connectivity index (χ3n) is 6.61.